The van der Waals surface area contributed by atoms with E-state index in [1.165, 1.54) is 50.5 Å². The molecule has 0 heterocycles. The molecule has 2 heteroatoms. The third-order valence-corrected chi connectivity index (χ3v) is 5.00. The predicted molar refractivity (Wildman–Crippen MR) is 86.4 cm³/mol. The Morgan fingerprint density at radius 2 is 1.90 bits per heavy atom. The number of halogens is 1. The second kappa shape index (κ2) is 6.78. The maximum absolute atomic E-state index is 5.93. The molecule has 2 aliphatic rings. The lowest BCUT2D eigenvalue weighted by Gasteiger charge is -2.36. The first kappa shape index (κ1) is 14.2. The summed E-state index contributed by atoms with van der Waals surface area (Å²) in [5.74, 6) is 0.735. The van der Waals surface area contributed by atoms with Crippen LogP contribution in [0.15, 0.2) is 35.9 Å². The standard InChI is InChI=1S/C18H24ClN/c19-17-8-6-15(7-9-17)16-12-18(13-16)20-11-10-14-4-2-1-3-5-14/h4,6-9,16,18,20H,1-3,5,10-13H2. The highest BCUT2D eigenvalue weighted by Gasteiger charge is 2.29. The second-order valence-corrected chi connectivity index (χ2v) is 6.67. The van der Waals surface area contributed by atoms with Gasteiger partial charge in [0.1, 0.15) is 0 Å². The molecular formula is C18H24ClN. The van der Waals surface area contributed by atoms with E-state index in [0.29, 0.717) is 0 Å². The summed E-state index contributed by atoms with van der Waals surface area (Å²) in [4.78, 5) is 0. The fourth-order valence-corrected chi connectivity index (χ4v) is 3.49. The average molecular weight is 290 g/mol. The Kier molecular flexibility index (Phi) is 4.80. The van der Waals surface area contributed by atoms with Crippen LogP contribution >= 0.6 is 11.6 Å². The highest BCUT2D eigenvalue weighted by molar-refractivity contribution is 6.30. The van der Waals surface area contributed by atoms with Crippen molar-refractivity contribution in [3.63, 3.8) is 0 Å². The van der Waals surface area contributed by atoms with Crippen LogP contribution in [0.4, 0.5) is 0 Å². The third-order valence-electron chi connectivity index (χ3n) is 4.74. The molecule has 3 rings (SSSR count). The lowest BCUT2D eigenvalue weighted by Crippen LogP contribution is -2.40. The van der Waals surface area contributed by atoms with E-state index in [-0.39, 0.29) is 0 Å². The summed E-state index contributed by atoms with van der Waals surface area (Å²) in [7, 11) is 0. The van der Waals surface area contributed by atoms with Crippen LogP contribution in [0.3, 0.4) is 0 Å². The molecule has 1 aromatic rings. The fraction of sp³-hybridized carbons (Fsp3) is 0.556. The molecule has 1 N–H and O–H groups in total. The van der Waals surface area contributed by atoms with E-state index in [1.54, 1.807) is 5.57 Å². The van der Waals surface area contributed by atoms with Gasteiger partial charge in [-0.05, 0) is 75.1 Å². The molecule has 0 aromatic heterocycles. The summed E-state index contributed by atoms with van der Waals surface area (Å²) >= 11 is 5.93. The zero-order valence-electron chi connectivity index (χ0n) is 12.1. The van der Waals surface area contributed by atoms with Crippen LogP contribution in [0.25, 0.3) is 0 Å². The monoisotopic (exact) mass is 289 g/mol. The van der Waals surface area contributed by atoms with Gasteiger partial charge >= 0.3 is 0 Å². The first-order chi connectivity index (χ1) is 9.81. The summed E-state index contributed by atoms with van der Waals surface area (Å²) in [6.45, 7) is 1.16. The zero-order chi connectivity index (χ0) is 13.8. The van der Waals surface area contributed by atoms with Gasteiger partial charge in [-0.1, -0.05) is 35.4 Å². The van der Waals surface area contributed by atoms with Crippen molar-refractivity contribution in [3.05, 3.63) is 46.5 Å². The van der Waals surface area contributed by atoms with E-state index < -0.39 is 0 Å². The van der Waals surface area contributed by atoms with Gasteiger partial charge in [0.15, 0.2) is 0 Å². The van der Waals surface area contributed by atoms with Crippen molar-refractivity contribution in [2.75, 3.05) is 6.54 Å². The van der Waals surface area contributed by atoms with Crippen molar-refractivity contribution >= 4 is 11.6 Å². The lowest BCUT2D eigenvalue weighted by molar-refractivity contribution is 0.292. The average Bonchev–Trinajstić information content (AvgIpc) is 2.44. The van der Waals surface area contributed by atoms with E-state index in [4.69, 9.17) is 11.6 Å². The molecule has 20 heavy (non-hydrogen) atoms. The third kappa shape index (κ3) is 3.65. The number of nitrogens with one attached hydrogen (secondary N) is 1. The summed E-state index contributed by atoms with van der Waals surface area (Å²) in [6, 6.07) is 9.09. The second-order valence-electron chi connectivity index (χ2n) is 6.23. The van der Waals surface area contributed by atoms with E-state index in [1.807, 2.05) is 12.1 Å². The summed E-state index contributed by atoms with van der Waals surface area (Å²) < 4.78 is 0. The van der Waals surface area contributed by atoms with Crippen molar-refractivity contribution in [1.82, 2.24) is 5.32 Å². The quantitative estimate of drug-likeness (QED) is 0.747. The smallest absolute Gasteiger partial charge is 0.0406 e. The number of hydrogen-bond donors (Lipinski definition) is 1. The van der Waals surface area contributed by atoms with Crippen molar-refractivity contribution in [3.8, 4) is 0 Å². The van der Waals surface area contributed by atoms with Gasteiger partial charge in [-0.25, -0.2) is 0 Å². The Balaban J connectivity index is 1.36. The van der Waals surface area contributed by atoms with Crippen LogP contribution in [0.5, 0.6) is 0 Å². The fourth-order valence-electron chi connectivity index (χ4n) is 3.36. The molecule has 0 saturated heterocycles. The molecule has 0 radical (unpaired) electrons. The van der Waals surface area contributed by atoms with Crippen molar-refractivity contribution in [2.45, 2.75) is 56.9 Å². The van der Waals surface area contributed by atoms with Gasteiger partial charge in [-0.2, -0.15) is 0 Å². The largest absolute Gasteiger partial charge is 0.314 e. The highest BCUT2D eigenvalue weighted by Crippen LogP contribution is 2.37. The summed E-state index contributed by atoms with van der Waals surface area (Å²) in [6.07, 6.45) is 11.7. The highest BCUT2D eigenvalue weighted by atomic mass is 35.5. The van der Waals surface area contributed by atoms with Gasteiger partial charge in [0, 0.05) is 11.1 Å². The minimum Gasteiger partial charge on any atom is -0.314 e. The van der Waals surface area contributed by atoms with Crippen molar-refractivity contribution in [1.29, 1.82) is 0 Å². The molecule has 0 bridgehead atoms. The molecule has 1 aromatic carbocycles. The molecule has 108 valence electrons. The summed E-state index contributed by atoms with van der Waals surface area (Å²) in [5, 5.41) is 4.55. The van der Waals surface area contributed by atoms with Crippen LogP contribution in [0.1, 0.15) is 56.4 Å². The molecule has 2 aliphatic carbocycles. The van der Waals surface area contributed by atoms with Crippen LogP contribution in [-0.2, 0) is 0 Å². The van der Waals surface area contributed by atoms with Gasteiger partial charge in [-0.3, -0.25) is 0 Å². The maximum Gasteiger partial charge on any atom is 0.0406 e. The van der Waals surface area contributed by atoms with Gasteiger partial charge < -0.3 is 5.32 Å². The number of benzene rings is 1. The van der Waals surface area contributed by atoms with Gasteiger partial charge in [-0.15, -0.1) is 0 Å². The Labute approximate surface area is 127 Å². The van der Waals surface area contributed by atoms with Crippen LogP contribution in [-0.4, -0.2) is 12.6 Å². The summed E-state index contributed by atoms with van der Waals surface area (Å²) in [5.41, 5.74) is 3.12. The zero-order valence-corrected chi connectivity index (χ0v) is 12.8. The Bertz CT molecular complexity index is 457. The molecule has 1 saturated carbocycles. The number of hydrogen-bond acceptors (Lipinski definition) is 1. The van der Waals surface area contributed by atoms with Gasteiger partial charge in [0.25, 0.3) is 0 Å². The van der Waals surface area contributed by atoms with Gasteiger partial charge in [0.2, 0.25) is 0 Å². The maximum atomic E-state index is 5.93. The van der Waals surface area contributed by atoms with Crippen molar-refractivity contribution < 1.29 is 0 Å². The first-order valence-electron chi connectivity index (χ1n) is 7.98. The minimum absolute atomic E-state index is 0.722. The molecule has 0 spiro atoms. The molecule has 0 unspecified atom stereocenters. The topological polar surface area (TPSA) is 12.0 Å². The molecule has 1 fully saturated rings. The SMILES string of the molecule is Clc1ccc(C2CC(NCCC3=CCCCC3)C2)cc1. The Morgan fingerprint density at radius 1 is 1.10 bits per heavy atom. The van der Waals surface area contributed by atoms with E-state index in [9.17, 15) is 0 Å². The molecule has 0 atom stereocenters. The van der Waals surface area contributed by atoms with Crippen LogP contribution in [0, 0.1) is 0 Å². The van der Waals surface area contributed by atoms with E-state index in [2.05, 4.69) is 23.5 Å². The number of allylic oxidation sites excluding steroid dienone is 1. The molecule has 1 nitrogen and oxygen atoms in total. The molecule has 0 aliphatic heterocycles. The van der Waals surface area contributed by atoms with E-state index >= 15 is 0 Å². The lowest BCUT2D eigenvalue weighted by atomic mass is 9.76. The Hall–Kier alpha value is -0.790. The van der Waals surface area contributed by atoms with Crippen LogP contribution in [0.2, 0.25) is 5.02 Å². The number of rotatable bonds is 5. The Morgan fingerprint density at radius 3 is 2.60 bits per heavy atom. The van der Waals surface area contributed by atoms with E-state index in [0.717, 1.165) is 23.5 Å². The van der Waals surface area contributed by atoms with Crippen LogP contribution < -0.4 is 5.32 Å². The molecular weight excluding hydrogens is 266 g/mol. The molecule has 0 amide bonds. The minimum atomic E-state index is 0.722. The van der Waals surface area contributed by atoms with Gasteiger partial charge in [0.05, 0.1) is 0 Å². The normalized spacial score (nSPS) is 25.9. The first-order valence-corrected chi connectivity index (χ1v) is 8.36. The predicted octanol–water partition coefficient (Wildman–Crippen LogP) is 5.07. The van der Waals surface area contributed by atoms with Crippen molar-refractivity contribution in [2.24, 2.45) is 0 Å².